The SMILES string of the molecule is CC1CCCC(NC(=O)c2ccc3c(c2)CCN3)C1C.Cl. The fourth-order valence-corrected chi connectivity index (χ4v) is 3.48. The number of rotatable bonds is 2. The van der Waals surface area contributed by atoms with E-state index in [4.69, 9.17) is 0 Å². The molecule has 0 saturated heterocycles. The van der Waals surface area contributed by atoms with Crippen molar-refractivity contribution in [3.63, 3.8) is 0 Å². The topological polar surface area (TPSA) is 41.1 Å². The molecule has 1 aliphatic carbocycles. The monoisotopic (exact) mass is 308 g/mol. The molecule has 0 bridgehead atoms. The van der Waals surface area contributed by atoms with E-state index in [2.05, 4.69) is 24.5 Å². The molecule has 1 aromatic rings. The second-order valence-corrected chi connectivity index (χ2v) is 6.40. The maximum atomic E-state index is 12.4. The minimum Gasteiger partial charge on any atom is -0.384 e. The molecule has 3 unspecified atom stereocenters. The molecular weight excluding hydrogens is 284 g/mol. The van der Waals surface area contributed by atoms with E-state index in [1.54, 1.807) is 0 Å². The van der Waals surface area contributed by atoms with Crippen molar-refractivity contribution in [2.75, 3.05) is 11.9 Å². The molecular formula is C17H25ClN2O. The smallest absolute Gasteiger partial charge is 0.251 e. The maximum Gasteiger partial charge on any atom is 0.251 e. The number of carbonyl (C=O) groups is 1. The lowest BCUT2D eigenvalue weighted by molar-refractivity contribution is 0.0891. The number of nitrogens with one attached hydrogen (secondary N) is 2. The first-order chi connectivity index (χ1) is 9.65. The molecule has 1 heterocycles. The molecule has 1 aliphatic heterocycles. The predicted octanol–water partition coefficient (Wildman–Crippen LogP) is 3.63. The fourth-order valence-electron chi connectivity index (χ4n) is 3.48. The summed E-state index contributed by atoms with van der Waals surface area (Å²) >= 11 is 0. The van der Waals surface area contributed by atoms with Gasteiger partial charge in [-0.2, -0.15) is 0 Å². The van der Waals surface area contributed by atoms with Gasteiger partial charge in [-0.15, -0.1) is 12.4 Å². The van der Waals surface area contributed by atoms with Gasteiger partial charge in [-0.1, -0.05) is 26.7 Å². The molecule has 3 nitrogen and oxygen atoms in total. The van der Waals surface area contributed by atoms with Gasteiger partial charge in [0.25, 0.3) is 5.91 Å². The molecule has 3 rings (SSSR count). The van der Waals surface area contributed by atoms with Gasteiger partial charge in [-0.25, -0.2) is 0 Å². The Bertz CT molecular complexity index is 518. The first-order valence-corrected chi connectivity index (χ1v) is 7.83. The molecule has 116 valence electrons. The van der Waals surface area contributed by atoms with E-state index in [0.717, 1.165) is 24.9 Å². The van der Waals surface area contributed by atoms with Gasteiger partial charge in [0.05, 0.1) is 0 Å². The van der Waals surface area contributed by atoms with E-state index >= 15 is 0 Å². The van der Waals surface area contributed by atoms with Gasteiger partial charge in [0.2, 0.25) is 0 Å². The summed E-state index contributed by atoms with van der Waals surface area (Å²) in [6, 6.07) is 6.34. The number of amides is 1. The van der Waals surface area contributed by atoms with Crippen molar-refractivity contribution in [1.82, 2.24) is 5.32 Å². The van der Waals surface area contributed by atoms with Crippen LogP contribution >= 0.6 is 12.4 Å². The summed E-state index contributed by atoms with van der Waals surface area (Å²) in [6.45, 7) is 5.54. The van der Waals surface area contributed by atoms with Crippen molar-refractivity contribution in [1.29, 1.82) is 0 Å². The Labute approximate surface area is 133 Å². The molecule has 2 N–H and O–H groups in total. The van der Waals surface area contributed by atoms with Crippen LogP contribution in [0.3, 0.4) is 0 Å². The van der Waals surface area contributed by atoms with Crippen molar-refractivity contribution >= 4 is 24.0 Å². The second-order valence-electron chi connectivity index (χ2n) is 6.40. The highest BCUT2D eigenvalue weighted by atomic mass is 35.5. The molecule has 21 heavy (non-hydrogen) atoms. The Balaban J connectivity index is 0.00000161. The lowest BCUT2D eigenvalue weighted by Crippen LogP contribution is -2.43. The number of fused-ring (bicyclic) bond motifs is 1. The largest absolute Gasteiger partial charge is 0.384 e. The number of hydrogen-bond acceptors (Lipinski definition) is 2. The third kappa shape index (κ3) is 3.34. The summed E-state index contributed by atoms with van der Waals surface area (Å²) < 4.78 is 0. The van der Waals surface area contributed by atoms with Crippen molar-refractivity contribution in [3.05, 3.63) is 29.3 Å². The molecule has 1 amide bonds. The number of anilines is 1. The van der Waals surface area contributed by atoms with Gasteiger partial charge < -0.3 is 10.6 Å². The first-order valence-electron chi connectivity index (χ1n) is 7.83. The molecule has 1 saturated carbocycles. The van der Waals surface area contributed by atoms with Crippen LogP contribution < -0.4 is 10.6 Å². The van der Waals surface area contributed by atoms with Gasteiger partial charge in [0.15, 0.2) is 0 Å². The van der Waals surface area contributed by atoms with E-state index in [1.807, 2.05) is 18.2 Å². The third-order valence-electron chi connectivity index (χ3n) is 5.10. The quantitative estimate of drug-likeness (QED) is 0.876. The predicted molar refractivity (Wildman–Crippen MR) is 89.3 cm³/mol. The Morgan fingerprint density at radius 3 is 2.90 bits per heavy atom. The van der Waals surface area contributed by atoms with Crippen molar-refractivity contribution in [2.24, 2.45) is 11.8 Å². The van der Waals surface area contributed by atoms with Crippen LogP contribution in [0.1, 0.15) is 49.0 Å². The molecule has 0 aromatic heterocycles. The van der Waals surface area contributed by atoms with Gasteiger partial charge in [-0.3, -0.25) is 4.79 Å². The van der Waals surface area contributed by atoms with Gasteiger partial charge in [0.1, 0.15) is 0 Å². The summed E-state index contributed by atoms with van der Waals surface area (Å²) in [5.74, 6) is 1.37. The number of benzene rings is 1. The number of halogens is 1. The van der Waals surface area contributed by atoms with Crippen LogP contribution in [0.4, 0.5) is 5.69 Å². The van der Waals surface area contributed by atoms with Crippen molar-refractivity contribution in [2.45, 2.75) is 45.6 Å². The molecule has 0 radical (unpaired) electrons. The summed E-state index contributed by atoms with van der Waals surface area (Å²) in [5, 5.41) is 6.58. The average molecular weight is 309 g/mol. The van der Waals surface area contributed by atoms with E-state index in [0.29, 0.717) is 17.9 Å². The van der Waals surface area contributed by atoms with Crippen LogP contribution in [0.5, 0.6) is 0 Å². The zero-order valence-corrected chi connectivity index (χ0v) is 13.6. The zero-order chi connectivity index (χ0) is 14.1. The third-order valence-corrected chi connectivity index (χ3v) is 5.10. The average Bonchev–Trinajstić information content (AvgIpc) is 2.91. The van der Waals surface area contributed by atoms with E-state index in [1.165, 1.54) is 24.1 Å². The zero-order valence-electron chi connectivity index (χ0n) is 12.8. The summed E-state index contributed by atoms with van der Waals surface area (Å²) in [5.41, 5.74) is 3.25. The van der Waals surface area contributed by atoms with Crippen LogP contribution in [0.2, 0.25) is 0 Å². The highest BCUT2D eigenvalue weighted by molar-refractivity contribution is 5.95. The Kier molecular flexibility index (Phi) is 5.15. The second kappa shape index (κ2) is 6.69. The van der Waals surface area contributed by atoms with Crippen LogP contribution in [-0.2, 0) is 6.42 Å². The molecule has 2 aliphatic rings. The van der Waals surface area contributed by atoms with Crippen LogP contribution in [0, 0.1) is 11.8 Å². The molecule has 0 spiro atoms. The van der Waals surface area contributed by atoms with Gasteiger partial charge >= 0.3 is 0 Å². The van der Waals surface area contributed by atoms with Gasteiger partial charge in [-0.05, 0) is 48.4 Å². The highest BCUT2D eigenvalue weighted by Gasteiger charge is 2.28. The van der Waals surface area contributed by atoms with Crippen LogP contribution in [0.25, 0.3) is 0 Å². The summed E-state index contributed by atoms with van der Waals surface area (Å²) in [7, 11) is 0. The van der Waals surface area contributed by atoms with Gasteiger partial charge in [0, 0.05) is 23.8 Å². The summed E-state index contributed by atoms with van der Waals surface area (Å²) in [4.78, 5) is 12.4. The fraction of sp³-hybridized carbons (Fsp3) is 0.588. The van der Waals surface area contributed by atoms with E-state index in [-0.39, 0.29) is 18.3 Å². The standard InChI is InChI=1S/C17H24N2O.ClH/c1-11-4-3-5-15(12(11)2)19-17(20)14-6-7-16-13(10-14)8-9-18-16;/h6-7,10-12,15,18H,3-5,8-9H2,1-2H3,(H,19,20);1H. The normalized spacial score (nSPS) is 27.2. The van der Waals surface area contributed by atoms with E-state index < -0.39 is 0 Å². The molecule has 4 heteroatoms. The summed E-state index contributed by atoms with van der Waals surface area (Å²) in [6.07, 6.45) is 4.65. The lowest BCUT2D eigenvalue weighted by Gasteiger charge is -2.34. The maximum absolute atomic E-state index is 12.4. The first kappa shape index (κ1) is 16.2. The van der Waals surface area contributed by atoms with Crippen molar-refractivity contribution < 1.29 is 4.79 Å². The highest BCUT2D eigenvalue weighted by Crippen LogP contribution is 2.30. The van der Waals surface area contributed by atoms with Crippen LogP contribution in [-0.4, -0.2) is 18.5 Å². The Morgan fingerprint density at radius 1 is 1.29 bits per heavy atom. The van der Waals surface area contributed by atoms with E-state index in [9.17, 15) is 4.79 Å². The lowest BCUT2D eigenvalue weighted by atomic mass is 9.78. The number of hydrogen-bond donors (Lipinski definition) is 2. The Morgan fingerprint density at radius 2 is 2.10 bits per heavy atom. The minimum atomic E-state index is 0. The molecule has 1 aromatic carbocycles. The molecule has 3 atom stereocenters. The Hall–Kier alpha value is -1.22. The van der Waals surface area contributed by atoms with Crippen molar-refractivity contribution in [3.8, 4) is 0 Å². The van der Waals surface area contributed by atoms with Crippen LogP contribution in [0.15, 0.2) is 18.2 Å². The minimum absolute atomic E-state index is 0. The number of carbonyl (C=O) groups excluding carboxylic acids is 1. The molecule has 1 fully saturated rings.